The minimum absolute atomic E-state index is 0.0293. The Labute approximate surface area is 148 Å². The fraction of sp³-hybridized carbons (Fsp3) is 0.588. The molecule has 1 aliphatic rings. The average molecular weight is 372 g/mol. The Hall–Kier alpha value is -1.51. The molecule has 25 heavy (non-hydrogen) atoms. The Balaban J connectivity index is 1.76. The predicted octanol–water partition coefficient (Wildman–Crippen LogP) is 1.65. The third-order valence-electron chi connectivity index (χ3n) is 4.46. The van der Waals surface area contributed by atoms with Crippen molar-refractivity contribution in [2.24, 2.45) is 0 Å². The number of aliphatic hydroxyl groups is 1. The van der Waals surface area contributed by atoms with Gasteiger partial charge in [0, 0.05) is 26.1 Å². The zero-order chi connectivity index (χ0) is 18.4. The monoisotopic (exact) mass is 372 g/mol. The SMILES string of the molecule is CN(CCCC(=O)NC1CCC(O)CC1)S(=O)(=O)c1ccc(F)cc1. The standard InChI is InChI=1S/C17H25FN2O4S/c1-20(25(23,24)16-10-4-13(18)5-11-16)12-2-3-17(22)19-14-6-8-15(21)9-7-14/h4-5,10-11,14-15,21H,2-3,6-9,12H2,1H3,(H,19,22). The Morgan fingerprint density at radius 1 is 1.24 bits per heavy atom. The molecule has 1 fully saturated rings. The summed E-state index contributed by atoms with van der Waals surface area (Å²) >= 11 is 0. The highest BCUT2D eigenvalue weighted by Crippen LogP contribution is 2.19. The number of rotatable bonds is 7. The minimum Gasteiger partial charge on any atom is -0.393 e. The predicted molar refractivity (Wildman–Crippen MR) is 91.9 cm³/mol. The number of carbonyl (C=O) groups is 1. The van der Waals surface area contributed by atoms with Crippen molar-refractivity contribution in [3.05, 3.63) is 30.1 Å². The molecule has 0 atom stereocenters. The van der Waals surface area contributed by atoms with E-state index in [2.05, 4.69) is 5.32 Å². The highest BCUT2D eigenvalue weighted by molar-refractivity contribution is 7.89. The number of amides is 1. The molecule has 0 aliphatic heterocycles. The van der Waals surface area contributed by atoms with E-state index in [1.807, 2.05) is 0 Å². The number of halogens is 1. The maximum atomic E-state index is 12.9. The number of benzene rings is 1. The van der Waals surface area contributed by atoms with Crippen molar-refractivity contribution in [3.63, 3.8) is 0 Å². The first-order valence-electron chi connectivity index (χ1n) is 8.48. The van der Waals surface area contributed by atoms with Gasteiger partial charge in [0.25, 0.3) is 0 Å². The van der Waals surface area contributed by atoms with E-state index >= 15 is 0 Å². The maximum Gasteiger partial charge on any atom is 0.242 e. The van der Waals surface area contributed by atoms with Crippen LogP contribution in [0.5, 0.6) is 0 Å². The van der Waals surface area contributed by atoms with Crippen molar-refractivity contribution in [1.82, 2.24) is 9.62 Å². The molecule has 140 valence electrons. The normalized spacial score (nSPS) is 21.3. The number of hydrogen-bond donors (Lipinski definition) is 2. The highest BCUT2D eigenvalue weighted by atomic mass is 32.2. The molecule has 0 aromatic heterocycles. The summed E-state index contributed by atoms with van der Waals surface area (Å²) in [4.78, 5) is 12.0. The van der Waals surface area contributed by atoms with Crippen LogP contribution in [-0.4, -0.2) is 49.5 Å². The molecule has 2 N–H and O–H groups in total. The molecule has 1 aromatic carbocycles. The van der Waals surface area contributed by atoms with Gasteiger partial charge in [0.1, 0.15) is 5.82 Å². The Morgan fingerprint density at radius 3 is 2.44 bits per heavy atom. The Kier molecular flexibility index (Phi) is 6.92. The van der Waals surface area contributed by atoms with E-state index in [0.717, 1.165) is 25.0 Å². The second kappa shape index (κ2) is 8.73. The van der Waals surface area contributed by atoms with Crippen molar-refractivity contribution in [1.29, 1.82) is 0 Å². The van der Waals surface area contributed by atoms with Crippen LogP contribution in [0.15, 0.2) is 29.2 Å². The fourth-order valence-electron chi connectivity index (χ4n) is 2.89. The lowest BCUT2D eigenvalue weighted by molar-refractivity contribution is -0.122. The third-order valence-corrected chi connectivity index (χ3v) is 6.33. The van der Waals surface area contributed by atoms with E-state index in [1.165, 1.54) is 23.5 Å². The second-order valence-electron chi connectivity index (χ2n) is 6.46. The van der Waals surface area contributed by atoms with Gasteiger partial charge >= 0.3 is 0 Å². The summed E-state index contributed by atoms with van der Waals surface area (Å²) < 4.78 is 38.8. The number of nitrogens with zero attached hydrogens (tertiary/aromatic N) is 1. The van der Waals surface area contributed by atoms with Gasteiger partial charge in [-0.05, 0) is 56.4 Å². The summed E-state index contributed by atoms with van der Waals surface area (Å²) in [7, 11) is -2.24. The van der Waals surface area contributed by atoms with Crippen molar-refractivity contribution >= 4 is 15.9 Å². The number of aliphatic hydroxyl groups excluding tert-OH is 1. The quantitative estimate of drug-likeness (QED) is 0.762. The summed E-state index contributed by atoms with van der Waals surface area (Å²) in [5, 5.41) is 12.4. The van der Waals surface area contributed by atoms with Crippen LogP contribution in [0.3, 0.4) is 0 Å². The largest absolute Gasteiger partial charge is 0.393 e. The molecule has 0 unspecified atom stereocenters. The Bertz CT molecular complexity index is 670. The van der Waals surface area contributed by atoms with E-state index in [0.29, 0.717) is 19.3 Å². The van der Waals surface area contributed by atoms with Gasteiger partial charge in [-0.2, -0.15) is 0 Å². The molecule has 2 rings (SSSR count). The summed E-state index contributed by atoms with van der Waals surface area (Å²) in [6, 6.07) is 4.76. The molecular weight excluding hydrogens is 347 g/mol. The van der Waals surface area contributed by atoms with Gasteiger partial charge in [-0.3, -0.25) is 4.79 Å². The number of carbonyl (C=O) groups excluding carboxylic acids is 1. The van der Waals surface area contributed by atoms with Gasteiger partial charge in [-0.25, -0.2) is 17.1 Å². The summed E-state index contributed by atoms with van der Waals surface area (Å²) in [6.07, 6.45) is 3.31. The lowest BCUT2D eigenvalue weighted by Crippen LogP contribution is -2.38. The second-order valence-corrected chi connectivity index (χ2v) is 8.50. The van der Waals surface area contributed by atoms with E-state index < -0.39 is 15.8 Å². The minimum atomic E-state index is -3.68. The van der Waals surface area contributed by atoms with E-state index in [1.54, 1.807) is 0 Å². The molecule has 0 bridgehead atoms. The molecule has 0 radical (unpaired) electrons. The van der Waals surface area contributed by atoms with Gasteiger partial charge in [-0.15, -0.1) is 0 Å². The van der Waals surface area contributed by atoms with Crippen LogP contribution in [0.25, 0.3) is 0 Å². The summed E-state index contributed by atoms with van der Waals surface area (Å²) in [5.41, 5.74) is 0. The van der Waals surface area contributed by atoms with Crippen molar-refractivity contribution < 1.29 is 22.7 Å². The van der Waals surface area contributed by atoms with Gasteiger partial charge in [0.05, 0.1) is 11.0 Å². The van der Waals surface area contributed by atoms with Crippen LogP contribution in [0.1, 0.15) is 38.5 Å². The molecule has 0 spiro atoms. The van der Waals surface area contributed by atoms with Crippen molar-refractivity contribution in [2.75, 3.05) is 13.6 Å². The van der Waals surface area contributed by atoms with E-state index in [-0.39, 0.29) is 35.9 Å². The average Bonchev–Trinajstić information content (AvgIpc) is 2.57. The molecule has 1 aromatic rings. The first kappa shape index (κ1) is 19.8. The molecule has 0 heterocycles. The van der Waals surface area contributed by atoms with Crippen LogP contribution >= 0.6 is 0 Å². The molecular formula is C17H25FN2O4S. The zero-order valence-electron chi connectivity index (χ0n) is 14.3. The van der Waals surface area contributed by atoms with E-state index in [9.17, 15) is 22.7 Å². The first-order valence-corrected chi connectivity index (χ1v) is 9.92. The van der Waals surface area contributed by atoms with Crippen molar-refractivity contribution in [2.45, 2.75) is 55.6 Å². The zero-order valence-corrected chi connectivity index (χ0v) is 15.1. The fourth-order valence-corrected chi connectivity index (χ4v) is 4.10. The smallest absolute Gasteiger partial charge is 0.242 e. The molecule has 1 aliphatic carbocycles. The third kappa shape index (κ3) is 5.76. The number of nitrogens with one attached hydrogen (secondary N) is 1. The molecule has 8 heteroatoms. The lowest BCUT2D eigenvalue weighted by atomic mass is 9.93. The number of sulfonamides is 1. The Morgan fingerprint density at radius 2 is 1.84 bits per heavy atom. The van der Waals surface area contributed by atoms with E-state index in [4.69, 9.17) is 0 Å². The van der Waals surface area contributed by atoms with Gasteiger partial charge in [-0.1, -0.05) is 0 Å². The van der Waals surface area contributed by atoms with Crippen molar-refractivity contribution in [3.8, 4) is 0 Å². The molecule has 1 amide bonds. The van der Waals surface area contributed by atoms with Crippen LogP contribution < -0.4 is 5.32 Å². The first-order chi connectivity index (χ1) is 11.8. The molecule has 6 nitrogen and oxygen atoms in total. The van der Waals surface area contributed by atoms with Crippen LogP contribution in [-0.2, 0) is 14.8 Å². The van der Waals surface area contributed by atoms with Gasteiger partial charge in [0.2, 0.25) is 15.9 Å². The molecule has 0 saturated heterocycles. The van der Waals surface area contributed by atoms with Gasteiger partial charge in [0.15, 0.2) is 0 Å². The highest BCUT2D eigenvalue weighted by Gasteiger charge is 2.22. The van der Waals surface area contributed by atoms with Crippen LogP contribution in [0.2, 0.25) is 0 Å². The van der Waals surface area contributed by atoms with Gasteiger partial charge < -0.3 is 10.4 Å². The van der Waals surface area contributed by atoms with Crippen LogP contribution in [0.4, 0.5) is 4.39 Å². The topological polar surface area (TPSA) is 86.7 Å². The molecule has 1 saturated carbocycles. The number of hydrogen-bond acceptors (Lipinski definition) is 4. The summed E-state index contributed by atoms with van der Waals surface area (Å²) in [5.74, 6) is -0.595. The maximum absolute atomic E-state index is 12.9. The lowest BCUT2D eigenvalue weighted by Gasteiger charge is -2.26. The van der Waals surface area contributed by atoms with Crippen LogP contribution in [0, 0.1) is 5.82 Å². The summed E-state index contributed by atoms with van der Waals surface area (Å²) in [6.45, 7) is 0.205.